The van der Waals surface area contributed by atoms with E-state index in [4.69, 9.17) is 34.7 Å². The Kier molecular flexibility index (Phi) is 14.1. The molecule has 1 aliphatic carbocycles. The largest absolute Gasteiger partial charge is 0.350 e. The zero-order valence-corrected chi connectivity index (χ0v) is 31.2. The van der Waals surface area contributed by atoms with Crippen molar-refractivity contribution in [3.63, 3.8) is 0 Å². The number of nitrogens with zero attached hydrogens (tertiary/aromatic N) is 1. The van der Waals surface area contributed by atoms with E-state index in [0.717, 1.165) is 22.5 Å². The number of ketones is 1. The Labute approximate surface area is 313 Å². The molecule has 0 saturated carbocycles. The molecule has 8 nitrogen and oxygen atoms in total. The molecule has 3 aromatic carbocycles. The molecule has 3 aromatic rings. The molecule has 51 heavy (non-hydrogen) atoms. The Hall–Kier alpha value is -3.25. The average molecular weight is 755 g/mol. The summed E-state index contributed by atoms with van der Waals surface area (Å²) in [7, 11) is 1.65. The molecule has 3 atom stereocenters. The average Bonchev–Trinajstić information content (AvgIpc) is 3.52. The molecule has 1 aliphatic heterocycles. The van der Waals surface area contributed by atoms with Gasteiger partial charge in [-0.15, -0.1) is 0 Å². The molecule has 272 valence electrons. The van der Waals surface area contributed by atoms with Crippen LogP contribution < -0.4 is 22.1 Å². The van der Waals surface area contributed by atoms with Crippen LogP contribution in [0.25, 0.3) is 5.57 Å². The number of carbonyl (C=O) groups is 3. The van der Waals surface area contributed by atoms with E-state index < -0.39 is 23.8 Å². The van der Waals surface area contributed by atoms with Gasteiger partial charge in [0.05, 0.1) is 11.1 Å². The van der Waals surface area contributed by atoms with Gasteiger partial charge in [-0.25, -0.2) is 4.39 Å². The summed E-state index contributed by atoms with van der Waals surface area (Å²) < 4.78 is 14.6. The summed E-state index contributed by atoms with van der Waals surface area (Å²) in [6.07, 6.45) is 6.00. The molecular weight excluding hydrogens is 708 g/mol. The quantitative estimate of drug-likeness (QED) is 0.180. The lowest BCUT2D eigenvalue weighted by Crippen LogP contribution is -2.50. The Balaban J connectivity index is 1.57. The first kappa shape index (κ1) is 39.0. The van der Waals surface area contributed by atoms with Crippen LogP contribution in [-0.4, -0.2) is 54.7 Å². The first-order chi connectivity index (χ1) is 24.6. The van der Waals surface area contributed by atoms with Gasteiger partial charge >= 0.3 is 0 Å². The number of hydrogen-bond donors (Lipinski definition) is 4. The summed E-state index contributed by atoms with van der Waals surface area (Å²) in [5.74, 6) is -1.82. The number of halogens is 3. The maximum atomic E-state index is 14.6. The van der Waals surface area contributed by atoms with Crippen molar-refractivity contribution < 1.29 is 18.8 Å². The first-order valence-electron chi connectivity index (χ1n) is 17.5. The number of unbranched alkanes of at least 4 members (excludes halogenated alkanes) is 1. The number of likely N-dealkylation sites (N-methyl/N-ethyl adjacent to an activating group) is 1. The third-order valence-corrected chi connectivity index (χ3v) is 11.6. The number of allylic oxidation sites excluding steroid dienone is 1. The minimum Gasteiger partial charge on any atom is -0.350 e. The molecule has 12 heteroatoms. The number of nitrogens with two attached hydrogens (primary N) is 2. The maximum Gasteiger partial charge on any atom is 0.243 e. The number of nitrogens with one attached hydrogen (secondary N) is 2. The van der Waals surface area contributed by atoms with E-state index >= 15 is 0 Å². The Morgan fingerprint density at radius 1 is 0.922 bits per heavy atom. The van der Waals surface area contributed by atoms with Gasteiger partial charge in [-0.1, -0.05) is 71.7 Å². The molecular formula is C39H46Cl2FN5O3S. The van der Waals surface area contributed by atoms with Gasteiger partial charge in [-0.05, 0) is 103 Å². The Morgan fingerprint density at radius 2 is 1.71 bits per heavy atom. The van der Waals surface area contributed by atoms with Crippen LogP contribution in [0.1, 0.15) is 67.2 Å². The van der Waals surface area contributed by atoms with Gasteiger partial charge in [0.15, 0.2) is 5.78 Å². The Morgan fingerprint density at radius 3 is 2.49 bits per heavy atom. The second-order valence-corrected chi connectivity index (χ2v) is 15.1. The summed E-state index contributed by atoms with van der Waals surface area (Å²) in [6.45, 7) is 1.14. The van der Waals surface area contributed by atoms with Crippen LogP contribution >= 0.6 is 35.0 Å². The van der Waals surface area contributed by atoms with E-state index in [0.29, 0.717) is 77.7 Å². The second kappa shape index (κ2) is 18.5. The highest BCUT2D eigenvalue weighted by atomic mass is 35.5. The molecule has 0 unspecified atom stereocenters. The van der Waals surface area contributed by atoms with Gasteiger partial charge in [0.25, 0.3) is 0 Å². The lowest BCUT2D eigenvalue weighted by molar-refractivity contribution is -0.143. The minimum absolute atomic E-state index is 0.0137. The van der Waals surface area contributed by atoms with E-state index in [2.05, 4.69) is 22.8 Å². The fourth-order valence-corrected chi connectivity index (χ4v) is 8.51. The van der Waals surface area contributed by atoms with E-state index in [1.54, 1.807) is 25.2 Å². The SMILES string of the molecule is CN1C(=O)[C@H](CCCCN)CC(=O)[C@H](CCCN)NCc2cc(F)ccc2Sc2c(Cl)cc(Cl)cc2CNC(=O)[C@@H]1CC1=CCc2ccccc21. The zero-order valence-electron chi connectivity index (χ0n) is 28.9. The van der Waals surface area contributed by atoms with Crippen LogP contribution in [0.3, 0.4) is 0 Å². The Bertz CT molecular complexity index is 1770. The van der Waals surface area contributed by atoms with Crippen LogP contribution in [-0.2, 0) is 33.9 Å². The number of carbonyl (C=O) groups excluding carboxylic acids is 3. The molecule has 0 bridgehead atoms. The molecule has 2 amide bonds. The number of rotatable bonds is 9. The second-order valence-electron chi connectivity index (χ2n) is 13.2. The van der Waals surface area contributed by atoms with Gasteiger partial charge in [0.2, 0.25) is 11.8 Å². The van der Waals surface area contributed by atoms with Gasteiger partial charge in [0, 0.05) is 53.7 Å². The molecule has 0 aromatic heterocycles. The molecule has 5 rings (SSSR count). The highest BCUT2D eigenvalue weighted by molar-refractivity contribution is 7.99. The van der Waals surface area contributed by atoms with Crippen LogP contribution in [0, 0.1) is 11.7 Å². The first-order valence-corrected chi connectivity index (χ1v) is 19.1. The lowest BCUT2D eigenvalue weighted by Gasteiger charge is -2.32. The smallest absolute Gasteiger partial charge is 0.243 e. The van der Waals surface area contributed by atoms with Crippen LogP contribution in [0.15, 0.2) is 70.5 Å². The summed E-state index contributed by atoms with van der Waals surface area (Å²) >= 11 is 14.6. The maximum absolute atomic E-state index is 14.6. The van der Waals surface area contributed by atoms with E-state index in [1.165, 1.54) is 34.4 Å². The molecule has 1 heterocycles. The topological polar surface area (TPSA) is 131 Å². The van der Waals surface area contributed by atoms with Crippen LogP contribution in [0.2, 0.25) is 10.0 Å². The van der Waals surface area contributed by atoms with Crippen LogP contribution in [0.4, 0.5) is 4.39 Å². The monoisotopic (exact) mass is 753 g/mol. The number of fused-ring (bicyclic) bond motifs is 3. The van der Waals surface area contributed by atoms with Crippen molar-refractivity contribution in [1.29, 1.82) is 0 Å². The highest BCUT2D eigenvalue weighted by Crippen LogP contribution is 2.40. The van der Waals surface area contributed by atoms with Crippen LogP contribution in [0.5, 0.6) is 0 Å². The number of amides is 2. The molecule has 0 saturated heterocycles. The van der Waals surface area contributed by atoms with Crippen molar-refractivity contribution in [3.8, 4) is 0 Å². The fourth-order valence-electron chi connectivity index (χ4n) is 6.82. The molecule has 0 fully saturated rings. The summed E-state index contributed by atoms with van der Waals surface area (Å²) in [4.78, 5) is 45.7. The summed E-state index contributed by atoms with van der Waals surface area (Å²) in [5, 5.41) is 7.21. The van der Waals surface area contributed by atoms with Gasteiger partial charge < -0.3 is 27.0 Å². The van der Waals surface area contributed by atoms with Crippen molar-refractivity contribution >= 4 is 58.1 Å². The standard InChI is InChI=1S/C39H46Cl2FN5O3S/c1-47-34(19-25-12-11-24-7-2-3-9-31(24)25)38(49)46-23-28-17-29(40)21-32(41)37(28)51-36-14-13-30(42)18-27(36)22-45-33(10-6-16-44)35(48)20-26(39(47)50)8-4-5-15-43/h2-3,7,9,12-14,17-18,21,26,33-34,45H,4-6,8,10-11,15-16,19-20,22-23,43-44H2,1H3,(H,46,49)/t26-,33+,34+/m1/s1. The van der Waals surface area contributed by atoms with E-state index in [-0.39, 0.29) is 37.1 Å². The summed E-state index contributed by atoms with van der Waals surface area (Å²) in [5.41, 5.74) is 16.2. The van der Waals surface area contributed by atoms with E-state index in [1.807, 2.05) is 18.2 Å². The third kappa shape index (κ3) is 10.0. The number of Topliss-reactive ketones (excluding diaryl/α,β-unsaturated/α-hetero) is 1. The van der Waals surface area contributed by atoms with Gasteiger partial charge in [0.1, 0.15) is 11.9 Å². The van der Waals surface area contributed by atoms with Crippen molar-refractivity contribution in [3.05, 3.63) is 98.8 Å². The number of benzene rings is 3. The fraction of sp³-hybridized carbons (Fsp3) is 0.410. The molecule has 6 N–H and O–H groups in total. The zero-order chi connectivity index (χ0) is 36.5. The van der Waals surface area contributed by atoms with E-state index in [9.17, 15) is 18.8 Å². The predicted molar refractivity (Wildman–Crippen MR) is 203 cm³/mol. The molecule has 2 aliphatic rings. The predicted octanol–water partition coefficient (Wildman–Crippen LogP) is 6.67. The van der Waals surface area contributed by atoms with Crippen molar-refractivity contribution in [1.82, 2.24) is 15.5 Å². The lowest BCUT2D eigenvalue weighted by atomic mass is 9.90. The van der Waals surface area contributed by atoms with Gasteiger partial charge in [-0.3, -0.25) is 14.4 Å². The highest BCUT2D eigenvalue weighted by Gasteiger charge is 2.35. The third-order valence-electron chi connectivity index (χ3n) is 9.66. The summed E-state index contributed by atoms with van der Waals surface area (Å²) in [6, 6.07) is 14.5. The van der Waals surface area contributed by atoms with Crippen molar-refractivity contribution in [2.45, 2.75) is 86.3 Å². The number of hydrogen-bond acceptors (Lipinski definition) is 7. The van der Waals surface area contributed by atoms with Crippen molar-refractivity contribution in [2.75, 3.05) is 20.1 Å². The minimum atomic E-state index is -0.863. The van der Waals surface area contributed by atoms with Crippen molar-refractivity contribution in [2.24, 2.45) is 17.4 Å². The molecule has 0 radical (unpaired) electrons. The normalized spacial score (nSPS) is 20.3. The van der Waals surface area contributed by atoms with Gasteiger partial charge in [-0.2, -0.15) is 0 Å². The molecule has 0 spiro atoms.